The molecule has 1 rings (SSSR count). The third kappa shape index (κ3) is 8.19. The Labute approximate surface area is 158 Å². The minimum Gasteiger partial charge on any atom is -0.357 e. The number of rotatable bonds is 7. The highest BCUT2D eigenvalue weighted by atomic mass is 127. The summed E-state index contributed by atoms with van der Waals surface area (Å²) in [6, 6.07) is 0. The van der Waals surface area contributed by atoms with Gasteiger partial charge >= 0.3 is 0 Å². The molecule has 0 radical (unpaired) electrons. The van der Waals surface area contributed by atoms with Crippen molar-refractivity contribution in [2.45, 2.75) is 34.1 Å². The van der Waals surface area contributed by atoms with Crippen molar-refractivity contribution >= 4 is 35.8 Å². The second-order valence-corrected chi connectivity index (χ2v) is 5.66. The van der Waals surface area contributed by atoms with Crippen LogP contribution in [0.3, 0.4) is 0 Å². The molecule has 1 heterocycles. The van der Waals surface area contributed by atoms with Crippen LogP contribution in [-0.4, -0.2) is 85.5 Å². The van der Waals surface area contributed by atoms with Gasteiger partial charge in [-0.05, 0) is 26.4 Å². The molecule has 0 atom stereocenters. The van der Waals surface area contributed by atoms with Gasteiger partial charge < -0.3 is 20.0 Å². The lowest BCUT2D eigenvalue weighted by molar-refractivity contribution is -0.130. The van der Waals surface area contributed by atoms with Crippen LogP contribution in [0.2, 0.25) is 0 Å². The van der Waals surface area contributed by atoms with Gasteiger partial charge in [0, 0.05) is 46.2 Å². The lowest BCUT2D eigenvalue weighted by Crippen LogP contribution is -2.53. The standard InChI is InChI=1S/C16H33N5O.HI/c1-5-9-19(7-3)10-8-18-16(17-6-2)21-13-11-20(12-14-21)15(4)22;/h5-14H2,1-4H3,(H,17,18);1H. The summed E-state index contributed by atoms with van der Waals surface area (Å²) in [5, 5.41) is 3.37. The molecule has 0 aromatic rings. The van der Waals surface area contributed by atoms with Crippen LogP contribution in [0.4, 0.5) is 0 Å². The maximum absolute atomic E-state index is 11.4. The monoisotopic (exact) mass is 439 g/mol. The van der Waals surface area contributed by atoms with E-state index in [0.29, 0.717) is 0 Å². The summed E-state index contributed by atoms with van der Waals surface area (Å²) in [4.78, 5) is 22.8. The Balaban J connectivity index is 0.00000484. The largest absolute Gasteiger partial charge is 0.357 e. The summed E-state index contributed by atoms with van der Waals surface area (Å²) < 4.78 is 0. The highest BCUT2D eigenvalue weighted by Gasteiger charge is 2.20. The predicted octanol–water partition coefficient (Wildman–Crippen LogP) is 1.47. The van der Waals surface area contributed by atoms with E-state index in [9.17, 15) is 4.79 Å². The molecule has 1 amide bonds. The van der Waals surface area contributed by atoms with Gasteiger partial charge in [0.05, 0.1) is 6.54 Å². The number of piperazine rings is 1. The van der Waals surface area contributed by atoms with Gasteiger partial charge in [0.15, 0.2) is 5.96 Å². The van der Waals surface area contributed by atoms with E-state index in [2.05, 4.69) is 35.9 Å². The first-order chi connectivity index (χ1) is 10.6. The van der Waals surface area contributed by atoms with Crippen molar-refractivity contribution in [1.82, 2.24) is 20.0 Å². The third-order valence-corrected chi connectivity index (χ3v) is 4.02. The van der Waals surface area contributed by atoms with Crippen LogP contribution in [0, 0.1) is 0 Å². The molecule has 6 nitrogen and oxygen atoms in total. The van der Waals surface area contributed by atoms with Crippen LogP contribution in [0.5, 0.6) is 0 Å². The number of nitrogens with one attached hydrogen (secondary N) is 1. The van der Waals surface area contributed by atoms with Gasteiger partial charge in [0.2, 0.25) is 5.91 Å². The first-order valence-corrected chi connectivity index (χ1v) is 8.63. The summed E-state index contributed by atoms with van der Waals surface area (Å²) >= 11 is 0. The van der Waals surface area contributed by atoms with Crippen LogP contribution in [0.25, 0.3) is 0 Å². The maximum Gasteiger partial charge on any atom is 0.219 e. The van der Waals surface area contributed by atoms with E-state index in [1.807, 2.05) is 4.90 Å². The van der Waals surface area contributed by atoms with Crippen molar-refractivity contribution in [2.24, 2.45) is 4.99 Å². The molecule has 0 aromatic heterocycles. The molecule has 0 bridgehead atoms. The maximum atomic E-state index is 11.4. The van der Waals surface area contributed by atoms with E-state index >= 15 is 0 Å². The van der Waals surface area contributed by atoms with Crippen molar-refractivity contribution in [3.8, 4) is 0 Å². The molecule has 0 spiro atoms. The second kappa shape index (κ2) is 12.8. The number of guanidine groups is 1. The zero-order chi connectivity index (χ0) is 16.4. The highest BCUT2D eigenvalue weighted by Crippen LogP contribution is 2.03. The first kappa shape index (κ1) is 22.4. The fourth-order valence-corrected chi connectivity index (χ4v) is 2.70. The van der Waals surface area contributed by atoms with Crippen LogP contribution in [0.1, 0.15) is 34.1 Å². The Hall–Kier alpha value is -0.570. The number of nitrogens with zero attached hydrogens (tertiary/aromatic N) is 4. The Morgan fingerprint density at radius 3 is 2.17 bits per heavy atom. The van der Waals surface area contributed by atoms with Gasteiger partial charge in [-0.1, -0.05) is 13.8 Å². The van der Waals surface area contributed by atoms with Gasteiger partial charge in [-0.15, -0.1) is 24.0 Å². The molecule has 0 aliphatic carbocycles. The fourth-order valence-electron chi connectivity index (χ4n) is 2.70. The molecule has 7 heteroatoms. The van der Waals surface area contributed by atoms with Gasteiger partial charge in [-0.25, -0.2) is 0 Å². The number of amides is 1. The first-order valence-electron chi connectivity index (χ1n) is 8.63. The van der Waals surface area contributed by atoms with E-state index < -0.39 is 0 Å². The van der Waals surface area contributed by atoms with Crippen molar-refractivity contribution in [2.75, 3.05) is 58.9 Å². The molecule has 0 saturated carbocycles. The summed E-state index contributed by atoms with van der Waals surface area (Å²) in [6.07, 6.45) is 1.19. The molecule has 23 heavy (non-hydrogen) atoms. The van der Waals surface area contributed by atoms with Crippen LogP contribution in [-0.2, 0) is 4.79 Å². The van der Waals surface area contributed by atoms with Crippen molar-refractivity contribution in [3.63, 3.8) is 0 Å². The van der Waals surface area contributed by atoms with Gasteiger partial charge in [0.1, 0.15) is 0 Å². The van der Waals surface area contributed by atoms with Gasteiger partial charge in [-0.2, -0.15) is 0 Å². The van der Waals surface area contributed by atoms with Crippen LogP contribution in [0.15, 0.2) is 4.99 Å². The zero-order valence-electron chi connectivity index (χ0n) is 15.2. The summed E-state index contributed by atoms with van der Waals surface area (Å²) in [7, 11) is 0. The number of hydrogen-bond acceptors (Lipinski definition) is 3. The zero-order valence-corrected chi connectivity index (χ0v) is 17.5. The third-order valence-electron chi connectivity index (χ3n) is 4.02. The van der Waals surface area contributed by atoms with E-state index in [-0.39, 0.29) is 29.9 Å². The average Bonchev–Trinajstić information content (AvgIpc) is 2.53. The number of carbonyl (C=O) groups is 1. The smallest absolute Gasteiger partial charge is 0.219 e. The Kier molecular flexibility index (Phi) is 12.5. The average molecular weight is 439 g/mol. The lowest BCUT2D eigenvalue weighted by Gasteiger charge is -2.36. The minimum absolute atomic E-state index is 0. The molecular weight excluding hydrogens is 405 g/mol. The van der Waals surface area contributed by atoms with Gasteiger partial charge in [-0.3, -0.25) is 9.79 Å². The molecule has 1 saturated heterocycles. The number of carbonyl (C=O) groups excluding carboxylic acids is 1. The van der Waals surface area contributed by atoms with Crippen molar-refractivity contribution in [1.29, 1.82) is 0 Å². The predicted molar refractivity (Wildman–Crippen MR) is 108 cm³/mol. The molecular formula is C16H34IN5O. The molecule has 1 N–H and O–H groups in total. The number of aliphatic imine (C=N–C) groups is 1. The van der Waals surface area contributed by atoms with Crippen molar-refractivity contribution in [3.05, 3.63) is 0 Å². The SMILES string of the molecule is CCCN(CC)CCN=C(NCC)N1CCN(C(C)=O)CC1.I. The highest BCUT2D eigenvalue weighted by molar-refractivity contribution is 14.0. The minimum atomic E-state index is 0. The second-order valence-electron chi connectivity index (χ2n) is 5.66. The molecule has 1 fully saturated rings. The van der Waals surface area contributed by atoms with E-state index in [0.717, 1.165) is 64.9 Å². The lowest BCUT2D eigenvalue weighted by atomic mass is 10.3. The molecule has 1 aliphatic rings. The van der Waals surface area contributed by atoms with Crippen molar-refractivity contribution < 1.29 is 4.79 Å². The molecule has 0 aromatic carbocycles. The molecule has 1 aliphatic heterocycles. The fraction of sp³-hybridized carbons (Fsp3) is 0.875. The normalized spacial score (nSPS) is 15.6. The van der Waals surface area contributed by atoms with Crippen LogP contribution < -0.4 is 5.32 Å². The Morgan fingerprint density at radius 2 is 1.70 bits per heavy atom. The number of halogens is 1. The van der Waals surface area contributed by atoms with E-state index in [1.165, 1.54) is 6.42 Å². The molecule has 0 unspecified atom stereocenters. The number of hydrogen-bond donors (Lipinski definition) is 1. The summed E-state index contributed by atoms with van der Waals surface area (Å²) in [5.41, 5.74) is 0. The summed E-state index contributed by atoms with van der Waals surface area (Å²) in [6.45, 7) is 16.4. The summed E-state index contributed by atoms with van der Waals surface area (Å²) in [5.74, 6) is 1.15. The topological polar surface area (TPSA) is 51.2 Å². The van der Waals surface area contributed by atoms with Crippen LogP contribution >= 0.6 is 24.0 Å². The molecule has 136 valence electrons. The number of likely N-dealkylation sites (N-methyl/N-ethyl adjacent to an activating group) is 1. The quantitative estimate of drug-likeness (QED) is 0.371. The Morgan fingerprint density at radius 1 is 1.09 bits per heavy atom. The van der Waals surface area contributed by atoms with Gasteiger partial charge in [0.25, 0.3) is 0 Å². The van der Waals surface area contributed by atoms with E-state index in [4.69, 9.17) is 4.99 Å². The van der Waals surface area contributed by atoms with E-state index in [1.54, 1.807) is 6.92 Å². The Bertz CT molecular complexity index is 356.